The van der Waals surface area contributed by atoms with E-state index in [0.717, 1.165) is 24.2 Å². The Morgan fingerprint density at radius 3 is 3.36 bits per heavy atom. The number of rotatable bonds is 1. The predicted molar refractivity (Wildman–Crippen MR) is 40.8 cm³/mol. The fourth-order valence-corrected chi connectivity index (χ4v) is 1.45. The second-order valence-electron chi connectivity index (χ2n) is 2.75. The van der Waals surface area contributed by atoms with Crippen LogP contribution >= 0.6 is 0 Å². The maximum absolute atomic E-state index is 5.54. The molecular weight excluding hydrogens is 142 g/mol. The molecule has 1 aromatic heterocycles. The van der Waals surface area contributed by atoms with Crippen molar-refractivity contribution in [3.63, 3.8) is 0 Å². The zero-order valence-electron chi connectivity index (χ0n) is 6.42. The van der Waals surface area contributed by atoms with Gasteiger partial charge in [-0.3, -0.25) is 0 Å². The summed E-state index contributed by atoms with van der Waals surface area (Å²) in [4.78, 5) is 0. The van der Waals surface area contributed by atoms with E-state index >= 15 is 0 Å². The highest BCUT2D eigenvalue weighted by molar-refractivity contribution is 5.42. The fourth-order valence-electron chi connectivity index (χ4n) is 1.45. The summed E-state index contributed by atoms with van der Waals surface area (Å²) in [6, 6.07) is 0.339. The zero-order chi connectivity index (χ0) is 7.84. The SMILES string of the molecule is CCC1NCc2c1noc2N. The lowest BCUT2D eigenvalue weighted by molar-refractivity contribution is 0.404. The number of fused-ring (bicyclic) bond motifs is 1. The molecule has 1 aromatic rings. The molecule has 1 aliphatic heterocycles. The van der Waals surface area contributed by atoms with Crippen LogP contribution < -0.4 is 11.1 Å². The van der Waals surface area contributed by atoms with Gasteiger partial charge in [0.25, 0.3) is 0 Å². The highest BCUT2D eigenvalue weighted by atomic mass is 16.5. The summed E-state index contributed by atoms with van der Waals surface area (Å²) < 4.78 is 4.86. The van der Waals surface area contributed by atoms with Crippen LogP contribution in [0, 0.1) is 0 Å². The van der Waals surface area contributed by atoms with Crippen LogP contribution in [0.15, 0.2) is 4.52 Å². The van der Waals surface area contributed by atoms with Gasteiger partial charge in [-0.05, 0) is 6.42 Å². The molecule has 2 heterocycles. The Hall–Kier alpha value is -1.03. The summed E-state index contributed by atoms with van der Waals surface area (Å²) in [7, 11) is 0. The Morgan fingerprint density at radius 2 is 2.64 bits per heavy atom. The summed E-state index contributed by atoms with van der Waals surface area (Å²) in [6.07, 6.45) is 1.03. The molecule has 2 rings (SSSR count). The molecular formula is C7H11N3O. The molecule has 0 radical (unpaired) electrons. The normalized spacial score (nSPS) is 22.1. The quantitative estimate of drug-likeness (QED) is 0.626. The van der Waals surface area contributed by atoms with Gasteiger partial charge in [0, 0.05) is 6.54 Å². The minimum Gasteiger partial charge on any atom is -0.367 e. The first-order valence-corrected chi connectivity index (χ1v) is 3.80. The van der Waals surface area contributed by atoms with E-state index in [0.29, 0.717) is 11.9 Å². The van der Waals surface area contributed by atoms with E-state index in [2.05, 4.69) is 17.4 Å². The Labute approximate surface area is 64.7 Å². The third kappa shape index (κ3) is 0.826. The molecule has 3 N–H and O–H groups in total. The number of nitrogens with zero attached hydrogens (tertiary/aromatic N) is 1. The summed E-state index contributed by atoms with van der Waals surface area (Å²) >= 11 is 0. The van der Waals surface area contributed by atoms with Gasteiger partial charge in [0.2, 0.25) is 5.88 Å². The highest BCUT2D eigenvalue weighted by Gasteiger charge is 2.26. The number of hydrogen-bond donors (Lipinski definition) is 2. The molecule has 0 aliphatic carbocycles. The fraction of sp³-hybridized carbons (Fsp3) is 0.571. The van der Waals surface area contributed by atoms with Crippen LogP contribution in [0.1, 0.15) is 30.6 Å². The van der Waals surface area contributed by atoms with Gasteiger partial charge < -0.3 is 15.6 Å². The molecule has 0 bridgehead atoms. The lowest BCUT2D eigenvalue weighted by Crippen LogP contribution is -2.11. The average molecular weight is 153 g/mol. The Morgan fingerprint density at radius 1 is 1.82 bits per heavy atom. The molecule has 11 heavy (non-hydrogen) atoms. The van der Waals surface area contributed by atoms with Crippen molar-refractivity contribution in [1.82, 2.24) is 10.5 Å². The zero-order valence-corrected chi connectivity index (χ0v) is 6.42. The lowest BCUT2D eigenvalue weighted by atomic mass is 10.1. The second-order valence-corrected chi connectivity index (χ2v) is 2.75. The molecule has 0 aromatic carbocycles. The molecule has 4 nitrogen and oxygen atoms in total. The van der Waals surface area contributed by atoms with Crippen LogP contribution in [-0.2, 0) is 6.54 Å². The number of hydrogen-bond acceptors (Lipinski definition) is 4. The molecule has 0 saturated heterocycles. The Bertz CT molecular complexity index is 269. The van der Waals surface area contributed by atoms with E-state index in [-0.39, 0.29) is 0 Å². The summed E-state index contributed by atoms with van der Waals surface area (Å²) in [5.74, 6) is 0.462. The van der Waals surface area contributed by atoms with Crippen molar-refractivity contribution in [3.05, 3.63) is 11.3 Å². The van der Waals surface area contributed by atoms with Gasteiger partial charge in [-0.2, -0.15) is 0 Å². The maximum Gasteiger partial charge on any atom is 0.226 e. The largest absolute Gasteiger partial charge is 0.367 e. The van der Waals surface area contributed by atoms with Gasteiger partial charge in [-0.1, -0.05) is 12.1 Å². The first-order valence-electron chi connectivity index (χ1n) is 3.80. The monoisotopic (exact) mass is 153 g/mol. The summed E-state index contributed by atoms with van der Waals surface area (Å²) in [5.41, 5.74) is 7.57. The molecule has 1 aliphatic rings. The van der Waals surface area contributed by atoms with Gasteiger partial charge >= 0.3 is 0 Å². The third-order valence-corrected chi connectivity index (χ3v) is 2.11. The lowest BCUT2D eigenvalue weighted by Gasteiger charge is -2.03. The van der Waals surface area contributed by atoms with Crippen LogP contribution in [0.2, 0.25) is 0 Å². The van der Waals surface area contributed by atoms with Crippen LogP contribution in [0.3, 0.4) is 0 Å². The van der Waals surface area contributed by atoms with Gasteiger partial charge in [-0.15, -0.1) is 0 Å². The van der Waals surface area contributed by atoms with E-state index in [9.17, 15) is 0 Å². The van der Waals surface area contributed by atoms with Gasteiger partial charge in [0.1, 0.15) is 5.69 Å². The third-order valence-electron chi connectivity index (χ3n) is 2.11. The first-order chi connectivity index (χ1) is 5.33. The summed E-state index contributed by atoms with van der Waals surface area (Å²) in [6.45, 7) is 2.90. The van der Waals surface area contributed by atoms with Crippen LogP contribution in [0.4, 0.5) is 5.88 Å². The van der Waals surface area contributed by atoms with Crippen molar-refractivity contribution < 1.29 is 4.52 Å². The number of nitrogen functional groups attached to an aromatic ring is 1. The van der Waals surface area contributed by atoms with Crippen LogP contribution in [0.5, 0.6) is 0 Å². The number of anilines is 1. The molecule has 1 atom stereocenters. The molecule has 0 spiro atoms. The van der Waals surface area contributed by atoms with E-state index in [1.54, 1.807) is 0 Å². The standard InChI is InChI=1S/C7H11N3O/c1-2-5-6-4(3-9-5)7(8)11-10-6/h5,9H,2-3,8H2,1H3. The van der Waals surface area contributed by atoms with Crippen molar-refractivity contribution in [2.45, 2.75) is 25.9 Å². The molecule has 0 saturated carbocycles. The minimum absolute atomic E-state index is 0.339. The molecule has 0 amide bonds. The van der Waals surface area contributed by atoms with Gasteiger partial charge in [-0.25, -0.2) is 0 Å². The van der Waals surface area contributed by atoms with Crippen molar-refractivity contribution in [1.29, 1.82) is 0 Å². The highest BCUT2D eigenvalue weighted by Crippen LogP contribution is 2.29. The summed E-state index contributed by atoms with van der Waals surface area (Å²) in [5, 5.41) is 7.18. The molecule has 4 heteroatoms. The van der Waals surface area contributed by atoms with Gasteiger partial charge in [0.05, 0.1) is 11.6 Å². The number of nitrogens with two attached hydrogens (primary N) is 1. The average Bonchev–Trinajstić information content (AvgIpc) is 2.53. The smallest absolute Gasteiger partial charge is 0.226 e. The van der Waals surface area contributed by atoms with Gasteiger partial charge in [0.15, 0.2) is 0 Å². The second kappa shape index (κ2) is 2.23. The topological polar surface area (TPSA) is 64.1 Å². The Kier molecular flexibility index (Phi) is 1.35. The maximum atomic E-state index is 5.54. The first kappa shape index (κ1) is 6.67. The molecule has 60 valence electrons. The van der Waals surface area contributed by atoms with Crippen molar-refractivity contribution in [2.75, 3.05) is 5.73 Å². The van der Waals surface area contributed by atoms with Crippen molar-refractivity contribution >= 4 is 5.88 Å². The molecule has 1 unspecified atom stereocenters. The van der Waals surface area contributed by atoms with Crippen molar-refractivity contribution in [3.8, 4) is 0 Å². The minimum atomic E-state index is 0.339. The van der Waals surface area contributed by atoms with Crippen molar-refractivity contribution in [2.24, 2.45) is 0 Å². The Balaban J connectivity index is 2.40. The number of aromatic nitrogens is 1. The van der Waals surface area contributed by atoms with Crippen LogP contribution in [0.25, 0.3) is 0 Å². The molecule has 0 fully saturated rings. The number of nitrogens with one attached hydrogen (secondary N) is 1. The van der Waals surface area contributed by atoms with E-state index in [4.69, 9.17) is 10.3 Å². The van der Waals surface area contributed by atoms with E-state index in [1.165, 1.54) is 0 Å². The van der Waals surface area contributed by atoms with Crippen LogP contribution in [-0.4, -0.2) is 5.16 Å². The van der Waals surface area contributed by atoms with E-state index in [1.807, 2.05) is 0 Å². The van der Waals surface area contributed by atoms with E-state index < -0.39 is 0 Å². The predicted octanol–water partition coefficient (Wildman–Crippen LogP) is 0.811.